The molecule has 0 spiro atoms. The van der Waals surface area contributed by atoms with Crippen molar-refractivity contribution in [2.75, 3.05) is 19.5 Å². The molecule has 2 amide bonds. The molecular formula is C21H25N3O5. The van der Waals surface area contributed by atoms with Gasteiger partial charge in [0.05, 0.1) is 31.7 Å². The number of benzene rings is 1. The highest BCUT2D eigenvalue weighted by Crippen LogP contribution is 2.34. The summed E-state index contributed by atoms with van der Waals surface area (Å²) in [6.07, 6.45) is 5.53. The van der Waals surface area contributed by atoms with Crippen molar-refractivity contribution < 1.29 is 23.5 Å². The Kier molecular flexibility index (Phi) is 5.44. The summed E-state index contributed by atoms with van der Waals surface area (Å²) in [5.41, 5.74) is 0.645. The number of anilines is 1. The van der Waals surface area contributed by atoms with Crippen LogP contribution in [0, 0.1) is 0 Å². The van der Waals surface area contributed by atoms with Gasteiger partial charge in [0.1, 0.15) is 0 Å². The zero-order valence-corrected chi connectivity index (χ0v) is 16.5. The predicted molar refractivity (Wildman–Crippen MR) is 107 cm³/mol. The standard InChI is InChI=1S/C21H25N3O5/c1-27-18-10-15(20(25)23-14-8-12-5-6-13(9-14)22-12)16(11-19(18)28-2)24-21(26)17-4-3-7-29-17/h3-4,7,10-14,22H,5-6,8-9H2,1-2H3,(H,23,25)(H,24,26). The smallest absolute Gasteiger partial charge is 0.291 e. The van der Waals surface area contributed by atoms with Crippen molar-refractivity contribution in [2.45, 2.75) is 43.8 Å². The second-order valence-electron chi connectivity index (χ2n) is 7.46. The summed E-state index contributed by atoms with van der Waals surface area (Å²) in [5.74, 6) is 0.280. The molecule has 29 heavy (non-hydrogen) atoms. The minimum Gasteiger partial charge on any atom is -0.493 e. The van der Waals surface area contributed by atoms with Crippen LogP contribution in [0.15, 0.2) is 34.9 Å². The zero-order chi connectivity index (χ0) is 20.4. The third kappa shape index (κ3) is 4.07. The van der Waals surface area contributed by atoms with Gasteiger partial charge in [-0.05, 0) is 43.9 Å². The highest BCUT2D eigenvalue weighted by atomic mass is 16.5. The van der Waals surface area contributed by atoms with Crippen LogP contribution in [0.3, 0.4) is 0 Å². The average molecular weight is 399 g/mol. The van der Waals surface area contributed by atoms with Gasteiger partial charge in [-0.3, -0.25) is 9.59 Å². The van der Waals surface area contributed by atoms with Crippen molar-refractivity contribution in [1.29, 1.82) is 0 Å². The molecule has 3 N–H and O–H groups in total. The van der Waals surface area contributed by atoms with Crippen LogP contribution in [-0.2, 0) is 0 Å². The maximum absolute atomic E-state index is 13.1. The molecule has 154 valence electrons. The fourth-order valence-electron chi connectivity index (χ4n) is 4.20. The fraction of sp³-hybridized carbons (Fsp3) is 0.429. The first-order valence-electron chi connectivity index (χ1n) is 9.75. The van der Waals surface area contributed by atoms with E-state index < -0.39 is 5.91 Å². The molecule has 2 bridgehead atoms. The van der Waals surface area contributed by atoms with E-state index in [0.717, 1.165) is 25.7 Å². The summed E-state index contributed by atoms with van der Waals surface area (Å²) >= 11 is 0. The van der Waals surface area contributed by atoms with E-state index in [-0.39, 0.29) is 17.7 Å². The molecule has 2 atom stereocenters. The molecule has 0 radical (unpaired) electrons. The monoisotopic (exact) mass is 399 g/mol. The summed E-state index contributed by atoms with van der Waals surface area (Å²) in [6.45, 7) is 0. The van der Waals surface area contributed by atoms with Crippen molar-refractivity contribution in [3.63, 3.8) is 0 Å². The summed E-state index contributed by atoms with van der Waals surface area (Å²) in [4.78, 5) is 25.6. The number of fused-ring (bicyclic) bond motifs is 2. The number of hydrogen-bond acceptors (Lipinski definition) is 6. The molecule has 8 nitrogen and oxygen atoms in total. The lowest BCUT2D eigenvalue weighted by molar-refractivity contribution is 0.0924. The number of hydrogen-bond donors (Lipinski definition) is 3. The van der Waals surface area contributed by atoms with Gasteiger partial charge in [0.25, 0.3) is 11.8 Å². The summed E-state index contributed by atoms with van der Waals surface area (Å²) < 4.78 is 15.8. The van der Waals surface area contributed by atoms with E-state index in [1.807, 2.05) is 0 Å². The van der Waals surface area contributed by atoms with Crippen LogP contribution in [0.2, 0.25) is 0 Å². The third-order valence-electron chi connectivity index (χ3n) is 5.57. The Morgan fingerprint density at radius 1 is 1.07 bits per heavy atom. The molecule has 4 rings (SSSR count). The number of ether oxygens (including phenoxy) is 2. The summed E-state index contributed by atoms with van der Waals surface area (Å²) in [5, 5.41) is 9.43. The molecule has 1 aromatic heterocycles. The van der Waals surface area contributed by atoms with E-state index in [1.165, 1.54) is 20.5 Å². The van der Waals surface area contributed by atoms with Crippen molar-refractivity contribution >= 4 is 17.5 Å². The van der Waals surface area contributed by atoms with Crippen molar-refractivity contribution in [1.82, 2.24) is 10.6 Å². The third-order valence-corrected chi connectivity index (χ3v) is 5.57. The van der Waals surface area contributed by atoms with Crippen molar-refractivity contribution in [2.24, 2.45) is 0 Å². The molecule has 2 saturated heterocycles. The number of carbonyl (C=O) groups is 2. The van der Waals surface area contributed by atoms with Crippen molar-refractivity contribution in [3.05, 3.63) is 41.9 Å². The number of amides is 2. The fourth-order valence-corrected chi connectivity index (χ4v) is 4.20. The van der Waals surface area contributed by atoms with Crippen LogP contribution in [0.1, 0.15) is 46.6 Å². The molecular weight excluding hydrogens is 374 g/mol. The SMILES string of the molecule is COc1cc(NC(=O)c2ccco2)c(C(=O)NC2CC3CCC(C2)N3)cc1OC. The Morgan fingerprint density at radius 3 is 2.38 bits per heavy atom. The molecule has 1 aromatic carbocycles. The van der Waals surface area contributed by atoms with Crippen LogP contribution in [0.4, 0.5) is 5.69 Å². The Bertz CT molecular complexity index is 884. The highest BCUT2D eigenvalue weighted by Gasteiger charge is 2.34. The van der Waals surface area contributed by atoms with Gasteiger partial charge >= 0.3 is 0 Å². The molecule has 3 heterocycles. The lowest BCUT2D eigenvalue weighted by Gasteiger charge is -2.30. The first-order chi connectivity index (χ1) is 14.1. The lowest BCUT2D eigenvalue weighted by Crippen LogP contribution is -2.48. The highest BCUT2D eigenvalue weighted by molar-refractivity contribution is 6.08. The minimum atomic E-state index is -0.448. The molecule has 2 aliphatic heterocycles. The van der Waals surface area contributed by atoms with E-state index in [0.29, 0.717) is 34.8 Å². The number of piperidine rings is 1. The molecule has 2 unspecified atom stereocenters. The molecule has 8 heteroatoms. The first-order valence-corrected chi connectivity index (χ1v) is 9.75. The number of nitrogens with one attached hydrogen (secondary N) is 3. The van der Waals surface area contributed by atoms with Crippen LogP contribution < -0.4 is 25.4 Å². The van der Waals surface area contributed by atoms with E-state index in [1.54, 1.807) is 24.3 Å². The topological polar surface area (TPSA) is 102 Å². The van der Waals surface area contributed by atoms with Crippen LogP contribution in [-0.4, -0.2) is 44.2 Å². The largest absolute Gasteiger partial charge is 0.493 e. The number of carbonyl (C=O) groups excluding carboxylic acids is 2. The van der Waals surface area contributed by atoms with Crippen LogP contribution >= 0.6 is 0 Å². The van der Waals surface area contributed by atoms with E-state index in [9.17, 15) is 9.59 Å². The second-order valence-corrected chi connectivity index (χ2v) is 7.46. The molecule has 0 saturated carbocycles. The summed E-state index contributed by atoms with van der Waals surface area (Å²) in [6, 6.07) is 7.37. The lowest BCUT2D eigenvalue weighted by atomic mass is 9.99. The number of rotatable bonds is 6. The number of furan rings is 1. The molecule has 2 aromatic rings. The Labute approximate surface area is 168 Å². The molecule has 2 aliphatic rings. The first kappa shape index (κ1) is 19.3. The Balaban J connectivity index is 1.59. The Hall–Kier alpha value is -3.00. The normalized spacial score (nSPS) is 22.8. The van der Waals surface area contributed by atoms with Crippen LogP contribution in [0.25, 0.3) is 0 Å². The summed E-state index contributed by atoms with van der Waals surface area (Å²) in [7, 11) is 3.01. The van der Waals surface area contributed by atoms with E-state index in [4.69, 9.17) is 13.9 Å². The maximum atomic E-state index is 13.1. The Morgan fingerprint density at radius 2 is 1.76 bits per heavy atom. The second kappa shape index (κ2) is 8.16. The molecule has 2 fully saturated rings. The van der Waals surface area contributed by atoms with Gasteiger partial charge < -0.3 is 29.8 Å². The number of methoxy groups -OCH3 is 2. The van der Waals surface area contributed by atoms with Gasteiger partial charge in [-0.15, -0.1) is 0 Å². The van der Waals surface area contributed by atoms with Gasteiger partial charge in [-0.2, -0.15) is 0 Å². The molecule has 0 aliphatic carbocycles. The van der Waals surface area contributed by atoms with E-state index >= 15 is 0 Å². The quantitative estimate of drug-likeness (QED) is 0.690. The minimum absolute atomic E-state index is 0.1000. The maximum Gasteiger partial charge on any atom is 0.291 e. The van der Waals surface area contributed by atoms with Gasteiger partial charge in [-0.1, -0.05) is 0 Å². The van der Waals surface area contributed by atoms with Gasteiger partial charge in [-0.25, -0.2) is 0 Å². The van der Waals surface area contributed by atoms with E-state index in [2.05, 4.69) is 16.0 Å². The van der Waals surface area contributed by atoms with Gasteiger partial charge in [0.2, 0.25) is 0 Å². The predicted octanol–water partition coefficient (Wildman–Crippen LogP) is 2.56. The van der Waals surface area contributed by atoms with Crippen LogP contribution in [0.5, 0.6) is 11.5 Å². The zero-order valence-electron chi connectivity index (χ0n) is 16.5. The van der Waals surface area contributed by atoms with Gasteiger partial charge in [0.15, 0.2) is 17.3 Å². The van der Waals surface area contributed by atoms with Crippen molar-refractivity contribution in [3.8, 4) is 11.5 Å². The van der Waals surface area contributed by atoms with Gasteiger partial charge in [0, 0.05) is 24.2 Å². The average Bonchev–Trinajstić information content (AvgIpc) is 3.37.